The van der Waals surface area contributed by atoms with Gasteiger partial charge in [0.25, 0.3) is 11.6 Å². The molecule has 2 N–H and O–H groups in total. The summed E-state index contributed by atoms with van der Waals surface area (Å²) in [6.45, 7) is 0. The fourth-order valence-corrected chi connectivity index (χ4v) is 6.50. The maximum absolute atomic E-state index is 13.1. The number of thiophene rings is 1. The second-order valence-corrected chi connectivity index (χ2v) is 9.76. The molecule has 2 aliphatic heterocycles. The van der Waals surface area contributed by atoms with Crippen LogP contribution in [0.1, 0.15) is 4.88 Å². The highest BCUT2D eigenvalue weighted by atomic mass is 32.2. The zero-order valence-electron chi connectivity index (χ0n) is 16.5. The number of aliphatic carboxylic acids is 1. The van der Waals surface area contributed by atoms with Crippen LogP contribution in [-0.2, 0) is 32.6 Å². The molecule has 164 valence electrons. The lowest BCUT2D eigenvalue weighted by atomic mass is 9.98. The quantitative estimate of drug-likeness (QED) is 0.307. The molecule has 0 radical (unpaired) electrons. The van der Waals surface area contributed by atoms with E-state index in [-0.39, 0.29) is 18.0 Å². The lowest BCUT2D eigenvalue weighted by Crippen LogP contribution is -2.80. The second-order valence-electron chi connectivity index (χ2n) is 6.71. The van der Waals surface area contributed by atoms with Crippen LogP contribution in [0.3, 0.4) is 0 Å². The Balaban J connectivity index is 1.53. The summed E-state index contributed by atoms with van der Waals surface area (Å²) in [5.41, 5.74) is -1.10. The molecule has 2 aromatic rings. The molecule has 1 unspecified atom stereocenters. The van der Waals surface area contributed by atoms with Crippen LogP contribution in [0.5, 0.6) is 0 Å². The van der Waals surface area contributed by atoms with Crippen molar-refractivity contribution in [1.29, 1.82) is 0 Å². The van der Waals surface area contributed by atoms with Gasteiger partial charge in [0.1, 0.15) is 11.1 Å². The van der Waals surface area contributed by atoms with Crippen LogP contribution >= 0.6 is 34.9 Å². The third kappa shape index (κ3) is 3.84. The van der Waals surface area contributed by atoms with Gasteiger partial charge in [-0.3, -0.25) is 14.5 Å². The molecule has 0 saturated carbocycles. The van der Waals surface area contributed by atoms with Gasteiger partial charge in [0, 0.05) is 30.5 Å². The normalized spacial score (nSPS) is 22.8. The average molecular weight is 483 g/mol. The van der Waals surface area contributed by atoms with Crippen molar-refractivity contribution in [3.8, 4) is 0 Å². The van der Waals surface area contributed by atoms with Gasteiger partial charge in [-0.25, -0.2) is 9.48 Å². The Morgan fingerprint density at radius 1 is 1.48 bits per heavy atom. The number of carbonyl (C=O) groups excluding carboxylic acids is 2. The Labute approximate surface area is 189 Å². The number of methoxy groups -OCH3 is 1. The first-order chi connectivity index (χ1) is 14.9. The van der Waals surface area contributed by atoms with E-state index in [0.717, 1.165) is 4.88 Å². The van der Waals surface area contributed by atoms with Crippen molar-refractivity contribution in [3.63, 3.8) is 0 Å². The van der Waals surface area contributed by atoms with E-state index in [1.807, 2.05) is 17.5 Å². The van der Waals surface area contributed by atoms with Crippen LogP contribution < -0.4 is 5.32 Å². The number of carboxylic acids is 1. The van der Waals surface area contributed by atoms with Gasteiger partial charge < -0.3 is 15.2 Å². The number of hydrogen-bond donors (Lipinski definition) is 2. The van der Waals surface area contributed by atoms with Crippen LogP contribution in [0.4, 0.5) is 0 Å². The van der Waals surface area contributed by atoms with E-state index in [1.165, 1.54) is 51.6 Å². The van der Waals surface area contributed by atoms with Crippen LogP contribution in [0.15, 0.2) is 33.9 Å². The molecule has 0 aromatic carbocycles. The topological polar surface area (TPSA) is 140 Å². The Kier molecular flexibility index (Phi) is 6.05. The van der Waals surface area contributed by atoms with E-state index < -0.39 is 23.0 Å². The number of β-lactam (4-membered cyclic amide) rings is 1. The summed E-state index contributed by atoms with van der Waals surface area (Å²) in [5.74, 6) is -1.51. The summed E-state index contributed by atoms with van der Waals surface area (Å²) in [6, 6.07) is 3.67. The third-order valence-corrected chi connectivity index (χ3v) is 8.18. The van der Waals surface area contributed by atoms with Crippen molar-refractivity contribution in [2.75, 3.05) is 18.6 Å². The Morgan fingerprint density at radius 3 is 2.90 bits per heavy atom. The van der Waals surface area contributed by atoms with E-state index in [9.17, 15) is 19.5 Å². The molecule has 1 fully saturated rings. The van der Waals surface area contributed by atoms with Gasteiger partial charge in [-0.1, -0.05) is 17.8 Å². The maximum atomic E-state index is 13.1. The maximum Gasteiger partial charge on any atom is 0.352 e. The van der Waals surface area contributed by atoms with Gasteiger partial charge in [-0.05, 0) is 27.4 Å². The first kappa shape index (κ1) is 21.8. The lowest BCUT2D eigenvalue weighted by molar-refractivity contribution is -0.192. The smallest absolute Gasteiger partial charge is 0.352 e. The van der Waals surface area contributed by atoms with Gasteiger partial charge in [0.15, 0.2) is 0 Å². The first-order valence-corrected chi connectivity index (χ1v) is 11.9. The lowest BCUT2D eigenvalue weighted by Gasteiger charge is -2.55. The third-order valence-electron chi connectivity index (χ3n) is 4.83. The predicted octanol–water partition coefficient (Wildman–Crippen LogP) is 0.319. The van der Waals surface area contributed by atoms with Crippen molar-refractivity contribution in [1.82, 2.24) is 30.4 Å². The van der Waals surface area contributed by atoms with Crippen LogP contribution in [0, 0.1) is 0 Å². The predicted molar refractivity (Wildman–Crippen MR) is 113 cm³/mol. The molecule has 0 bridgehead atoms. The Morgan fingerprint density at radius 2 is 2.29 bits per heavy atom. The van der Waals surface area contributed by atoms with Gasteiger partial charge in [-0.15, -0.1) is 28.2 Å². The highest BCUT2D eigenvalue weighted by Crippen LogP contribution is 2.47. The minimum atomic E-state index is -1.59. The number of nitrogens with one attached hydrogen (secondary N) is 1. The number of carbonyl (C=O) groups is 3. The molecule has 14 heteroatoms. The summed E-state index contributed by atoms with van der Waals surface area (Å²) in [7, 11) is 3.02. The van der Waals surface area contributed by atoms with Gasteiger partial charge in [0.05, 0.1) is 6.42 Å². The number of ether oxygens (including phenoxy) is 1. The van der Waals surface area contributed by atoms with E-state index in [0.29, 0.717) is 22.2 Å². The van der Waals surface area contributed by atoms with Crippen molar-refractivity contribution in [3.05, 3.63) is 33.7 Å². The number of fused-ring (bicyclic) bond motifs is 1. The molecule has 11 nitrogen and oxygen atoms in total. The monoisotopic (exact) mass is 482 g/mol. The molecule has 1 saturated heterocycles. The standard InChI is InChI=1S/C17H18N6O5S3/c1-22-16(19-20-21-22)31-8-9-7-30-15-17(28-2,14(27)23(15)12(9)13(25)26)18-11(24)6-10-4-3-5-29-10/h3-5,15H,6-8H2,1-2H3,(H,18,24)(H,25,26)/t15-,17?/m0/s1. The number of tetrazole rings is 1. The van der Waals surface area contributed by atoms with Gasteiger partial charge in [0.2, 0.25) is 11.1 Å². The number of thioether (sulfide) groups is 2. The highest BCUT2D eigenvalue weighted by molar-refractivity contribution is 8.01. The summed E-state index contributed by atoms with van der Waals surface area (Å²) < 4.78 is 6.94. The molecule has 0 spiro atoms. The van der Waals surface area contributed by atoms with Gasteiger partial charge in [-0.2, -0.15) is 0 Å². The number of aryl methyl sites for hydroxylation is 1. The molecule has 31 heavy (non-hydrogen) atoms. The van der Waals surface area contributed by atoms with Crippen LogP contribution in [0.2, 0.25) is 0 Å². The van der Waals surface area contributed by atoms with Crippen molar-refractivity contribution in [2.24, 2.45) is 7.05 Å². The number of hydrogen-bond acceptors (Lipinski definition) is 10. The number of rotatable bonds is 8. The largest absolute Gasteiger partial charge is 0.477 e. The Bertz CT molecular complexity index is 1050. The molecule has 4 rings (SSSR count). The van der Waals surface area contributed by atoms with E-state index in [1.54, 1.807) is 7.05 Å². The van der Waals surface area contributed by atoms with Crippen LogP contribution in [0.25, 0.3) is 0 Å². The van der Waals surface area contributed by atoms with E-state index in [4.69, 9.17) is 4.74 Å². The zero-order chi connectivity index (χ0) is 22.2. The molecule has 2 aromatic heterocycles. The summed E-state index contributed by atoms with van der Waals surface area (Å²) in [6.07, 6.45) is 0.114. The van der Waals surface area contributed by atoms with Crippen molar-refractivity contribution in [2.45, 2.75) is 22.7 Å². The van der Waals surface area contributed by atoms with Crippen molar-refractivity contribution < 1.29 is 24.2 Å². The number of carboxylic acid groups (broad SMARTS) is 1. The highest BCUT2D eigenvalue weighted by Gasteiger charge is 2.66. The second kappa shape index (κ2) is 8.61. The van der Waals surface area contributed by atoms with E-state index in [2.05, 4.69) is 20.8 Å². The molecule has 2 atom stereocenters. The fraction of sp³-hybridized carbons (Fsp3) is 0.412. The molecule has 4 heterocycles. The summed E-state index contributed by atoms with van der Waals surface area (Å²) >= 11 is 4.07. The zero-order valence-corrected chi connectivity index (χ0v) is 18.9. The van der Waals surface area contributed by atoms with Crippen molar-refractivity contribution >= 4 is 52.6 Å². The number of amides is 2. The number of nitrogens with zero attached hydrogens (tertiary/aromatic N) is 5. The first-order valence-electron chi connectivity index (χ1n) is 9.01. The average Bonchev–Trinajstić information content (AvgIpc) is 3.40. The molecular weight excluding hydrogens is 464 g/mol. The minimum absolute atomic E-state index is 0.0865. The molecule has 0 aliphatic carbocycles. The van der Waals surface area contributed by atoms with Crippen LogP contribution in [-0.4, -0.2) is 77.7 Å². The summed E-state index contributed by atoms with van der Waals surface area (Å²) in [4.78, 5) is 39.7. The molecule has 2 aliphatic rings. The Hall–Kier alpha value is -2.42. The number of aromatic nitrogens is 4. The fourth-order valence-electron chi connectivity index (χ4n) is 3.37. The van der Waals surface area contributed by atoms with E-state index >= 15 is 0 Å². The van der Waals surface area contributed by atoms with Gasteiger partial charge >= 0.3 is 5.97 Å². The minimum Gasteiger partial charge on any atom is -0.477 e. The SMILES string of the molecule is COC1(NC(=O)Cc2cccs2)C(=O)N2C(C(=O)O)=C(CSc3nnnn3C)CS[C@H]21. The molecule has 2 amide bonds. The molecular formula is C17H18N6O5S3. The summed E-state index contributed by atoms with van der Waals surface area (Å²) in [5, 5.41) is 25.4.